The molecule has 6 heteroatoms. The topological polar surface area (TPSA) is 66.4 Å². The monoisotopic (exact) mass is 362 g/mol. The number of aromatic nitrogens is 1. The Bertz CT molecular complexity index is 1040. The highest BCUT2D eigenvalue weighted by Crippen LogP contribution is 2.26. The fourth-order valence-corrected chi connectivity index (χ4v) is 3.62. The second-order valence-electron chi connectivity index (χ2n) is 7.00. The molecule has 4 rings (SSSR count). The van der Waals surface area contributed by atoms with E-state index in [0.29, 0.717) is 11.2 Å². The molecule has 2 aromatic carbocycles. The van der Waals surface area contributed by atoms with Gasteiger partial charge in [0.1, 0.15) is 0 Å². The molecule has 0 bridgehead atoms. The first-order valence-corrected chi connectivity index (χ1v) is 9.00. The van der Waals surface area contributed by atoms with Gasteiger partial charge in [0.05, 0.1) is 11.2 Å². The third kappa shape index (κ3) is 3.44. The Balaban J connectivity index is 1.55. The Labute approximate surface area is 157 Å². The fraction of sp³-hybridized carbons (Fsp3) is 0.238. The van der Waals surface area contributed by atoms with Crippen LogP contribution < -0.4 is 10.6 Å². The number of nitrogens with one attached hydrogen (secondary N) is 2. The number of nitrogens with zero attached hydrogens (tertiary/aromatic N) is 2. The van der Waals surface area contributed by atoms with Gasteiger partial charge in [0.2, 0.25) is 5.91 Å². The van der Waals surface area contributed by atoms with E-state index in [9.17, 15) is 9.59 Å². The maximum absolute atomic E-state index is 12.5. The van der Waals surface area contributed by atoms with E-state index in [1.807, 2.05) is 30.3 Å². The fourth-order valence-electron chi connectivity index (χ4n) is 3.62. The molecule has 0 aliphatic carbocycles. The van der Waals surface area contributed by atoms with Crippen molar-refractivity contribution < 1.29 is 9.59 Å². The smallest absolute Gasteiger partial charge is 0.308 e. The number of fused-ring (bicyclic) bond motifs is 2. The van der Waals surface area contributed by atoms with Crippen LogP contribution in [0.5, 0.6) is 0 Å². The summed E-state index contributed by atoms with van der Waals surface area (Å²) in [5.74, 6) is -0.0986. The van der Waals surface area contributed by atoms with Crippen molar-refractivity contribution in [3.8, 4) is 0 Å². The number of benzene rings is 2. The summed E-state index contributed by atoms with van der Waals surface area (Å²) < 4.78 is 1.54. The minimum Gasteiger partial charge on any atom is -0.308 e. The summed E-state index contributed by atoms with van der Waals surface area (Å²) in [5.41, 5.74) is 4.64. The second kappa shape index (κ2) is 6.89. The van der Waals surface area contributed by atoms with Crippen molar-refractivity contribution in [2.75, 3.05) is 24.2 Å². The molecule has 2 heterocycles. The van der Waals surface area contributed by atoms with Crippen molar-refractivity contribution in [1.29, 1.82) is 0 Å². The van der Waals surface area contributed by atoms with E-state index in [1.54, 1.807) is 16.8 Å². The number of carbonyl (C=O) groups excluding carboxylic acids is 2. The van der Waals surface area contributed by atoms with Crippen LogP contribution in [0.3, 0.4) is 0 Å². The van der Waals surface area contributed by atoms with Gasteiger partial charge in [-0.05, 0) is 48.9 Å². The van der Waals surface area contributed by atoms with E-state index >= 15 is 0 Å². The van der Waals surface area contributed by atoms with Gasteiger partial charge in [-0.2, -0.15) is 0 Å². The zero-order valence-corrected chi connectivity index (χ0v) is 15.5. The number of anilines is 2. The van der Waals surface area contributed by atoms with Crippen LogP contribution in [0.1, 0.15) is 22.8 Å². The summed E-state index contributed by atoms with van der Waals surface area (Å²) in [6, 6.07) is 13.1. The number of hydrogen-bond donors (Lipinski definition) is 2. The van der Waals surface area contributed by atoms with E-state index < -0.39 is 0 Å². The molecule has 138 valence electrons. The highest BCUT2D eigenvalue weighted by molar-refractivity contribution is 6.07. The summed E-state index contributed by atoms with van der Waals surface area (Å²) >= 11 is 0. The largest absolute Gasteiger partial charge is 0.323 e. The molecule has 0 saturated heterocycles. The van der Waals surface area contributed by atoms with E-state index in [2.05, 4.69) is 28.6 Å². The summed E-state index contributed by atoms with van der Waals surface area (Å²) in [6.07, 6.45) is 2.75. The number of carbonyl (C=O) groups is 2. The first-order valence-electron chi connectivity index (χ1n) is 9.00. The Morgan fingerprint density at radius 2 is 1.89 bits per heavy atom. The third-order valence-electron chi connectivity index (χ3n) is 4.97. The van der Waals surface area contributed by atoms with E-state index in [0.717, 1.165) is 30.6 Å². The average molecular weight is 362 g/mol. The van der Waals surface area contributed by atoms with E-state index in [4.69, 9.17) is 0 Å². The van der Waals surface area contributed by atoms with Crippen molar-refractivity contribution >= 4 is 34.2 Å². The lowest BCUT2D eigenvalue weighted by Gasteiger charge is -2.25. The maximum atomic E-state index is 12.5. The lowest BCUT2D eigenvalue weighted by atomic mass is 9.99. The van der Waals surface area contributed by atoms with Gasteiger partial charge in [-0.25, -0.2) is 4.79 Å². The van der Waals surface area contributed by atoms with Gasteiger partial charge in [-0.3, -0.25) is 9.36 Å². The van der Waals surface area contributed by atoms with Gasteiger partial charge in [0.15, 0.2) is 0 Å². The van der Waals surface area contributed by atoms with Crippen LogP contribution in [0.25, 0.3) is 10.9 Å². The molecule has 6 nitrogen and oxygen atoms in total. The van der Waals surface area contributed by atoms with Gasteiger partial charge in [-0.1, -0.05) is 18.2 Å². The van der Waals surface area contributed by atoms with Crippen LogP contribution in [0.2, 0.25) is 0 Å². The van der Waals surface area contributed by atoms with Gasteiger partial charge in [-0.15, -0.1) is 0 Å². The summed E-state index contributed by atoms with van der Waals surface area (Å²) in [7, 11) is 2.10. The molecule has 1 aromatic heterocycles. The predicted molar refractivity (Wildman–Crippen MR) is 107 cm³/mol. The van der Waals surface area contributed by atoms with E-state index in [-0.39, 0.29) is 11.9 Å². The minimum absolute atomic E-state index is 0.0986. The average Bonchev–Trinajstić information content (AvgIpc) is 3.07. The summed E-state index contributed by atoms with van der Waals surface area (Å²) in [5, 5.41) is 6.67. The Kier molecular flexibility index (Phi) is 4.41. The van der Waals surface area contributed by atoms with Gasteiger partial charge in [0, 0.05) is 37.3 Å². The maximum Gasteiger partial charge on any atom is 0.323 e. The standard InChI is InChI=1S/C21H22N4O2/c1-14(26)25-11-9-16-4-3-5-19(20(16)25)23-21(27)22-18-7-6-15-8-10-24(2)13-17(15)12-18/h3-7,9,11-12H,8,10,13H2,1-2H3,(H2,22,23,27). The van der Waals surface area contributed by atoms with Crippen molar-refractivity contribution in [2.24, 2.45) is 0 Å². The lowest BCUT2D eigenvalue weighted by Crippen LogP contribution is -2.27. The van der Waals surface area contributed by atoms with Crippen molar-refractivity contribution in [2.45, 2.75) is 19.9 Å². The molecule has 0 unspecified atom stereocenters. The number of amides is 2. The summed E-state index contributed by atoms with van der Waals surface area (Å²) in [4.78, 5) is 26.6. The molecule has 3 aromatic rings. The quantitative estimate of drug-likeness (QED) is 0.726. The zero-order chi connectivity index (χ0) is 19.0. The number of para-hydroxylation sites is 1. The lowest BCUT2D eigenvalue weighted by molar-refractivity contribution is 0.0941. The molecule has 2 N–H and O–H groups in total. The van der Waals surface area contributed by atoms with Gasteiger partial charge in [0.25, 0.3) is 0 Å². The van der Waals surface area contributed by atoms with Crippen LogP contribution in [0.15, 0.2) is 48.7 Å². The Morgan fingerprint density at radius 1 is 1.04 bits per heavy atom. The molecule has 27 heavy (non-hydrogen) atoms. The molecule has 1 aliphatic heterocycles. The third-order valence-corrected chi connectivity index (χ3v) is 4.97. The summed E-state index contributed by atoms with van der Waals surface area (Å²) in [6.45, 7) is 3.44. The van der Waals surface area contributed by atoms with Gasteiger partial charge >= 0.3 is 6.03 Å². The highest BCUT2D eigenvalue weighted by Gasteiger charge is 2.15. The zero-order valence-electron chi connectivity index (χ0n) is 15.5. The van der Waals surface area contributed by atoms with Crippen molar-refractivity contribution in [3.63, 3.8) is 0 Å². The number of likely N-dealkylation sites (N-methyl/N-ethyl adjacent to an activating group) is 1. The first-order chi connectivity index (χ1) is 13.0. The highest BCUT2D eigenvalue weighted by atomic mass is 16.2. The van der Waals surface area contributed by atoms with Crippen LogP contribution in [-0.4, -0.2) is 35.0 Å². The molecular weight excluding hydrogens is 340 g/mol. The molecule has 1 aliphatic rings. The number of urea groups is 1. The molecule has 2 amide bonds. The minimum atomic E-state index is -0.331. The van der Waals surface area contributed by atoms with Crippen molar-refractivity contribution in [1.82, 2.24) is 9.47 Å². The predicted octanol–water partition coefficient (Wildman–Crippen LogP) is 3.93. The van der Waals surface area contributed by atoms with Crippen LogP contribution in [-0.2, 0) is 13.0 Å². The number of hydrogen-bond acceptors (Lipinski definition) is 3. The first kappa shape index (κ1) is 17.3. The van der Waals surface area contributed by atoms with Crippen LogP contribution in [0, 0.1) is 0 Å². The molecular formula is C21H22N4O2. The van der Waals surface area contributed by atoms with Crippen LogP contribution >= 0.6 is 0 Å². The molecule has 0 spiro atoms. The SMILES string of the molecule is CC(=O)n1ccc2cccc(NC(=O)Nc3ccc4c(c3)CN(C)CC4)c21. The van der Waals surface area contributed by atoms with Crippen LogP contribution in [0.4, 0.5) is 16.2 Å². The molecule has 0 atom stereocenters. The Hall–Kier alpha value is -3.12. The number of rotatable bonds is 2. The van der Waals surface area contributed by atoms with E-state index in [1.165, 1.54) is 18.1 Å². The second-order valence-corrected chi connectivity index (χ2v) is 7.00. The van der Waals surface area contributed by atoms with Gasteiger partial charge < -0.3 is 15.5 Å². The van der Waals surface area contributed by atoms with Crippen molar-refractivity contribution in [3.05, 3.63) is 59.8 Å². The Morgan fingerprint density at radius 3 is 2.70 bits per heavy atom. The molecule has 0 saturated carbocycles. The molecule has 0 fully saturated rings. The normalized spacial score (nSPS) is 14.0. The molecule has 0 radical (unpaired) electrons.